The fraction of sp³-hybridized carbons (Fsp3) is 0.909. The Morgan fingerprint density at radius 3 is 1.67 bits per heavy atom. The number of aliphatic hydroxyl groups excluding tert-OH is 1. The first-order valence-corrected chi connectivity index (χ1v) is 16.7. The van der Waals surface area contributed by atoms with Crippen LogP contribution in [0, 0.1) is 11.8 Å². The third-order valence-corrected chi connectivity index (χ3v) is 16.1. The van der Waals surface area contributed by atoms with Crippen molar-refractivity contribution in [1.29, 1.82) is 0 Å². The van der Waals surface area contributed by atoms with Gasteiger partial charge in [0.2, 0.25) is 0 Å². The molecule has 0 saturated carbocycles. The minimum atomic E-state index is -2.26. The van der Waals surface area contributed by atoms with E-state index in [1.165, 1.54) is 0 Å². The first-order chi connectivity index (χ1) is 13.2. The molecular formula is C22H46O6Si2. The van der Waals surface area contributed by atoms with Gasteiger partial charge in [-0.1, -0.05) is 48.5 Å². The molecule has 0 spiro atoms. The van der Waals surface area contributed by atoms with Crippen LogP contribution in [0.3, 0.4) is 0 Å². The maximum atomic E-state index is 11.8. The molecule has 0 rings (SSSR count). The highest BCUT2D eigenvalue weighted by Crippen LogP contribution is 2.40. The molecule has 0 unspecified atom stereocenters. The monoisotopic (exact) mass is 462 g/mol. The quantitative estimate of drug-likeness (QED) is 0.329. The highest BCUT2D eigenvalue weighted by atomic mass is 28.4. The summed E-state index contributed by atoms with van der Waals surface area (Å²) in [6.07, 6.45) is -1.42. The summed E-state index contributed by atoms with van der Waals surface area (Å²) in [5.74, 6) is -2.20. The summed E-state index contributed by atoms with van der Waals surface area (Å²) in [5, 5.41) is 20.4. The van der Waals surface area contributed by atoms with Crippen LogP contribution in [-0.4, -0.2) is 57.4 Å². The third kappa shape index (κ3) is 7.86. The van der Waals surface area contributed by atoms with Crippen molar-refractivity contribution < 1.29 is 28.7 Å². The molecule has 2 N–H and O–H groups in total. The number of carbonyl (C=O) groups is 2. The molecule has 8 heteroatoms. The SMILES string of the molecule is C[C@H]([C@H](O[Si](C)(C)C(C)(C)C)[C@@H](C)C(=O)O)[C@H](O)C[C@@H](C=O)O[Si](C)(C)C(C)(C)C. The van der Waals surface area contributed by atoms with Crippen LogP contribution in [0.25, 0.3) is 0 Å². The molecule has 30 heavy (non-hydrogen) atoms. The Balaban J connectivity index is 5.60. The lowest BCUT2D eigenvalue weighted by atomic mass is 9.87. The highest BCUT2D eigenvalue weighted by molar-refractivity contribution is 6.74. The zero-order chi connectivity index (χ0) is 24.3. The van der Waals surface area contributed by atoms with Gasteiger partial charge in [0.1, 0.15) is 12.4 Å². The molecule has 6 nitrogen and oxygen atoms in total. The number of aliphatic carboxylic acids is 1. The van der Waals surface area contributed by atoms with Gasteiger partial charge >= 0.3 is 5.97 Å². The normalized spacial score (nSPS) is 19.0. The van der Waals surface area contributed by atoms with Gasteiger partial charge in [-0.15, -0.1) is 0 Å². The predicted molar refractivity (Wildman–Crippen MR) is 127 cm³/mol. The lowest BCUT2D eigenvalue weighted by Gasteiger charge is -2.43. The summed E-state index contributed by atoms with van der Waals surface area (Å²) in [7, 11) is -4.45. The number of hydrogen-bond donors (Lipinski definition) is 2. The van der Waals surface area contributed by atoms with Gasteiger partial charge in [-0.25, -0.2) is 0 Å². The number of aliphatic hydroxyl groups is 1. The van der Waals surface area contributed by atoms with Crippen LogP contribution >= 0.6 is 0 Å². The molecule has 178 valence electrons. The number of aldehydes is 1. The summed E-state index contributed by atoms with van der Waals surface area (Å²) in [4.78, 5) is 23.5. The van der Waals surface area contributed by atoms with Gasteiger partial charge in [-0.05, 0) is 43.2 Å². The van der Waals surface area contributed by atoms with E-state index in [0.29, 0.717) is 0 Å². The molecule has 0 fully saturated rings. The number of rotatable bonds is 11. The molecule has 0 aliphatic carbocycles. The van der Waals surface area contributed by atoms with E-state index in [-0.39, 0.29) is 16.5 Å². The lowest BCUT2D eigenvalue weighted by Crippen LogP contribution is -2.51. The maximum absolute atomic E-state index is 11.8. The smallest absolute Gasteiger partial charge is 0.308 e. The predicted octanol–water partition coefficient (Wildman–Crippen LogP) is 5.07. The van der Waals surface area contributed by atoms with Crippen molar-refractivity contribution in [2.45, 2.75) is 116 Å². The first kappa shape index (κ1) is 29.5. The first-order valence-electron chi connectivity index (χ1n) is 10.9. The van der Waals surface area contributed by atoms with Crippen LogP contribution in [-0.2, 0) is 18.4 Å². The molecule has 0 aliphatic rings. The Kier molecular flexibility index (Phi) is 10.2. The van der Waals surface area contributed by atoms with Crippen LogP contribution < -0.4 is 0 Å². The maximum Gasteiger partial charge on any atom is 0.308 e. The summed E-state index contributed by atoms with van der Waals surface area (Å²) in [6.45, 7) is 24.3. The Morgan fingerprint density at radius 2 is 1.33 bits per heavy atom. The van der Waals surface area contributed by atoms with Crippen molar-refractivity contribution >= 4 is 28.9 Å². The number of carbonyl (C=O) groups excluding carboxylic acids is 1. The molecule has 5 atom stereocenters. The van der Waals surface area contributed by atoms with E-state index in [1.54, 1.807) is 13.8 Å². The molecule has 0 saturated heterocycles. The average molecular weight is 463 g/mol. The van der Waals surface area contributed by atoms with Crippen molar-refractivity contribution in [3.63, 3.8) is 0 Å². The van der Waals surface area contributed by atoms with Crippen LogP contribution in [0.2, 0.25) is 36.3 Å². The Morgan fingerprint density at radius 1 is 0.933 bits per heavy atom. The van der Waals surface area contributed by atoms with Gasteiger partial charge in [-0.3, -0.25) is 4.79 Å². The van der Waals surface area contributed by atoms with Gasteiger partial charge in [0, 0.05) is 12.3 Å². The topological polar surface area (TPSA) is 93.1 Å². The van der Waals surface area contributed by atoms with Crippen molar-refractivity contribution in [3.8, 4) is 0 Å². The molecular weight excluding hydrogens is 416 g/mol. The molecule has 0 aromatic carbocycles. The molecule has 0 aliphatic heterocycles. The largest absolute Gasteiger partial charge is 0.481 e. The minimum Gasteiger partial charge on any atom is -0.481 e. The Labute approximate surface area is 186 Å². The van der Waals surface area contributed by atoms with E-state index in [2.05, 4.69) is 67.7 Å². The summed E-state index contributed by atoms with van der Waals surface area (Å²) in [6, 6.07) is 0. The second-order valence-electron chi connectivity index (χ2n) is 11.7. The Hall–Kier alpha value is -0.546. The van der Waals surface area contributed by atoms with Crippen molar-refractivity contribution in [2.24, 2.45) is 11.8 Å². The molecule has 0 aromatic heterocycles. The highest BCUT2D eigenvalue weighted by Gasteiger charge is 2.45. The molecule has 0 amide bonds. The van der Waals surface area contributed by atoms with Crippen molar-refractivity contribution in [3.05, 3.63) is 0 Å². The zero-order valence-corrected chi connectivity index (χ0v) is 23.2. The van der Waals surface area contributed by atoms with E-state index in [1.807, 2.05) is 0 Å². The van der Waals surface area contributed by atoms with Crippen molar-refractivity contribution in [1.82, 2.24) is 0 Å². The standard InChI is InChI=1S/C22H46O6Si2/c1-15(18(24)13-17(14-23)27-29(9,10)21(3,4)5)19(16(2)20(25)26)28-30(11,12)22(6,7)8/h14-19,24H,13H2,1-12H3,(H,25,26)/t15-,16+,17-,18+,19-/m0/s1. The summed E-state index contributed by atoms with van der Waals surface area (Å²) < 4.78 is 12.6. The summed E-state index contributed by atoms with van der Waals surface area (Å²) >= 11 is 0. The zero-order valence-electron chi connectivity index (χ0n) is 21.2. The van der Waals surface area contributed by atoms with E-state index in [4.69, 9.17) is 8.85 Å². The fourth-order valence-electron chi connectivity index (χ4n) is 2.68. The average Bonchev–Trinajstić information content (AvgIpc) is 2.55. The molecule has 0 radical (unpaired) electrons. The van der Waals surface area contributed by atoms with Gasteiger partial charge in [-0.2, -0.15) is 0 Å². The van der Waals surface area contributed by atoms with E-state index in [9.17, 15) is 19.8 Å². The van der Waals surface area contributed by atoms with Crippen LogP contribution in [0.4, 0.5) is 0 Å². The number of carboxylic acid groups (broad SMARTS) is 1. The summed E-state index contributed by atoms with van der Waals surface area (Å²) in [5.41, 5.74) is 0. The van der Waals surface area contributed by atoms with E-state index < -0.39 is 52.8 Å². The van der Waals surface area contributed by atoms with E-state index >= 15 is 0 Å². The third-order valence-electron chi connectivity index (χ3n) is 7.12. The van der Waals surface area contributed by atoms with Crippen molar-refractivity contribution in [2.75, 3.05) is 0 Å². The molecule has 0 aromatic rings. The second kappa shape index (κ2) is 10.4. The van der Waals surface area contributed by atoms with Gasteiger partial charge in [0.15, 0.2) is 16.6 Å². The van der Waals surface area contributed by atoms with Gasteiger partial charge in [0.05, 0.1) is 18.1 Å². The fourth-order valence-corrected chi connectivity index (χ4v) is 5.40. The van der Waals surface area contributed by atoms with Crippen LogP contribution in [0.15, 0.2) is 0 Å². The lowest BCUT2D eigenvalue weighted by molar-refractivity contribution is -0.147. The van der Waals surface area contributed by atoms with Gasteiger partial charge in [0.25, 0.3) is 0 Å². The molecule has 0 bridgehead atoms. The number of hydrogen-bond acceptors (Lipinski definition) is 5. The van der Waals surface area contributed by atoms with Crippen LogP contribution in [0.5, 0.6) is 0 Å². The minimum absolute atomic E-state index is 0.0589. The van der Waals surface area contributed by atoms with Crippen LogP contribution in [0.1, 0.15) is 61.8 Å². The van der Waals surface area contributed by atoms with Gasteiger partial charge < -0.3 is 23.9 Å². The Bertz CT molecular complexity index is 577. The molecule has 0 heterocycles. The number of carboxylic acids is 1. The second-order valence-corrected chi connectivity index (χ2v) is 21.2. The van der Waals surface area contributed by atoms with E-state index in [0.717, 1.165) is 6.29 Å².